The van der Waals surface area contributed by atoms with E-state index < -0.39 is 37.3 Å². The van der Waals surface area contributed by atoms with E-state index in [1.807, 2.05) is 0 Å². The Morgan fingerprint density at radius 1 is 1.38 bits per heavy atom. The monoisotopic (exact) mass is 272 g/mol. The molecule has 2 fully saturated rings. The van der Waals surface area contributed by atoms with E-state index in [0.717, 1.165) is 0 Å². The number of rotatable bonds is 2. The molecule has 5 nitrogen and oxygen atoms in total. The molecule has 0 saturated carbocycles. The summed E-state index contributed by atoms with van der Waals surface area (Å²) in [5.41, 5.74) is -0.683. The standard InChI is InChI=1S/C8H13FO5S2/c9-16(12,13)5-7-8(1-3-14-7)2-4-15(10,11)6-8/h7H,1-6H2. The first kappa shape index (κ1) is 12.3. The van der Waals surface area contributed by atoms with Crippen molar-refractivity contribution in [2.45, 2.75) is 18.9 Å². The molecule has 2 heterocycles. The molecule has 0 amide bonds. The molecule has 0 aliphatic carbocycles. The highest BCUT2D eigenvalue weighted by Gasteiger charge is 2.52. The van der Waals surface area contributed by atoms with Crippen molar-refractivity contribution in [3.05, 3.63) is 0 Å². The fourth-order valence-corrected chi connectivity index (χ4v) is 5.56. The number of hydrogen-bond donors (Lipinski definition) is 0. The van der Waals surface area contributed by atoms with Crippen LogP contribution in [-0.4, -0.2) is 46.8 Å². The SMILES string of the molecule is O=S(=O)(F)CC1OCCC12CCS(=O)(=O)C2. The summed E-state index contributed by atoms with van der Waals surface area (Å²) in [5, 5.41) is 0. The topological polar surface area (TPSA) is 77.5 Å². The molecule has 94 valence electrons. The molecule has 0 aromatic rings. The Kier molecular flexibility index (Phi) is 2.79. The second kappa shape index (κ2) is 3.64. The third-order valence-corrected chi connectivity index (χ3v) is 5.91. The lowest BCUT2D eigenvalue weighted by Gasteiger charge is -2.26. The van der Waals surface area contributed by atoms with Gasteiger partial charge in [-0.25, -0.2) is 8.42 Å². The highest BCUT2D eigenvalue weighted by molar-refractivity contribution is 7.91. The van der Waals surface area contributed by atoms with Crippen LogP contribution in [0.25, 0.3) is 0 Å². The van der Waals surface area contributed by atoms with Crippen molar-refractivity contribution in [2.75, 3.05) is 23.9 Å². The lowest BCUT2D eigenvalue weighted by Crippen LogP contribution is -2.36. The molecule has 2 aliphatic heterocycles. The van der Waals surface area contributed by atoms with Gasteiger partial charge < -0.3 is 4.74 Å². The smallest absolute Gasteiger partial charge is 0.304 e. The summed E-state index contributed by atoms with van der Waals surface area (Å²) in [6.45, 7) is 0.301. The Bertz CT molecular complexity index is 483. The van der Waals surface area contributed by atoms with Crippen LogP contribution in [0.5, 0.6) is 0 Å². The van der Waals surface area contributed by atoms with Gasteiger partial charge in [0.25, 0.3) is 0 Å². The first-order valence-electron chi connectivity index (χ1n) is 4.97. The fraction of sp³-hybridized carbons (Fsp3) is 1.00. The minimum atomic E-state index is -4.63. The molecule has 0 aromatic carbocycles. The van der Waals surface area contributed by atoms with Crippen molar-refractivity contribution in [3.8, 4) is 0 Å². The van der Waals surface area contributed by atoms with E-state index in [1.54, 1.807) is 0 Å². The van der Waals surface area contributed by atoms with Gasteiger partial charge in [0.15, 0.2) is 9.84 Å². The van der Waals surface area contributed by atoms with Gasteiger partial charge in [-0.15, -0.1) is 3.89 Å². The van der Waals surface area contributed by atoms with Crippen LogP contribution in [0.15, 0.2) is 0 Å². The second-order valence-electron chi connectivity index (χ2n) is 4.52. The summed E-state index contributed by atoms with van der Waals surface area (Å²) in [4.78, 5) is 0. The van der Waals surface area contributed by atoms with E-state index in [-0.39, 0.29) is 11.5 Å². The van der Waals surface area contributed by atoms with E-state index in [1.165, 1.54) is 0 Å². The number of ether oxygens (including phenoxy) is 1. The third kappa shape index (κ3) is 2.38. The van der Waals surface area contributed by atoms with Crippen molar-refractivity contribution in [3.63, 3.8) is 0 Å². The maximum Gasteiger partial charge on any atom is 0.304 e. The minimum Gasteiger partial charge on any atom is -0.376 e. The van der Waals surface area contributed by atoms with E-state index in [2.05, 4.69) is 0 Å². The molecule has 0 N–H and O–H groups in total. The van der Waals surface area contributed by atoms with Crippen LogP contribution in [0.4, 0.5) is 3.89 Å². The summed E-state index contributed by atoms with van der Waals surface area (Å²) in [6, 6.07) is 0. The zero-order chi connectivity index (χ0) is 12.0. The van der Waals surface area contributed by atoms with E-state index in [4.69, 9.17) is 4.74 Å². The van der Waals surface area contributed by atoms with Gasteiger partial charge in [0.2, 0.25) is 0 Å². The van der Waals surface area contributed by atoms with Gasteiger partial charge in [-0.2, -0.15) is 8.42 Å². The molecular weight excluding hydrogens is 259 g/mol. The summed E-state index contributed by atoms with van der Waals surface area (Å²) < 4.78 is 61.8. The van der Waals surface area contributed by atoms with Gasteiger partial charge in [0.05, 0.1) is 17.6 Å². The van der Waals surface area contributed by atoms with Crippen molar-refractivity contribution in [2.24, 2.45) is 5.41 Å². The zero-order valence-electron chi connectivity index (χ0n) is 8.56. The quantitative estimate of drug-likeness (QED) is 0.655. The maximum atomic E-state index is 12.6. The molecular formula is C8H13FO5S2. The first-order chi connectivity index (χ1) is 7.23. The third-order valence-electron chi connectivity index (χ3n) is 3.37. The Labute approximate surface area is 94.1 Å². The molecule has 2 rings (SSSR count). The Balaban J connectivity index is 2.22. The highest BCUT2D eigenvalue weighted by Crippen LogP contribution is 2.44. The predicted octanol–water partition coefficient (Wildman–Crippen LogP) is -0.120. The largest absolute Gasteiger partial charge is 0.376 e. The Hall–Kier alpha value is -0.210. The number of halogens is 1. The number of hydrogen-bond acceptors (Lipinski definition) is 5. The van der Waals surface area contributed by atoms with Crippen LogP contribution in [0.3, 0.4) is 0 Å². The molecule has 8 heteroatoms. The van der Waals surface area contributed by atoms with Gasteiger partial charge in [-0.1, -0.05) is 0 Å². The average Bonchev–Trinajstić information content (AvgIpc) is 2.56. The molecule has 2 atom stereocenters. The maximum absolute atomic E-state index is 12.6. The van der Waals surface area contributed by atoms with Gasteiger partial charge in [-0.3, -0.25) is 0 Å². The van der Waals surface area contributed by atoms with Crippen LogP contribution in [-0.2, 0) is 24.8 Å². The van der Waals surface area contributed by atoms with Crippen LogP contribution in [0.2, 0.25) is 0 Å². The molecule has 1 spiro atoms. The molecule has 16 heavy (non-hydrogen) atoms. The van der Waals surface area contributed by atoms with Gasteiger partial charge in [-0.05, 0) is 12.8 Å². The van der Waals surface area contributed by atoms with Crippen LogP contribution in [0.1, 0.15) is 12.8 Å². The number of sulfone groups is 1. The van der Waals surface area contributed by atoms with Gasteiger partial charge in [0.1, 0.15) is 5.75 Å². The average molecular weight is 272 g/mol. The summed E-state index contributed by atoms with van der Waals surface area (Å²) in [6.07, 6.45) is 0.0434. The molecule has 0 bridgehead atoms. The molecule has 0 aromatic heterocycles. The Morgan fingerprint density at radius 2 is 2.06 bits per heavy atom. The van der Waals surface area contributed by atoms with Crippen molar-refractivity contribution >= 4 is 20.1 Å². The summed E-state index contributed by atoms with van der Waals surface area (Å²) in [7, 11) is -7.75. The van der Waals surface area contributed by atoms with E-state index in [0.29, 0.717) is 19.4 Å². The summed E-state index contributed by atoms with van der Waals surface area (Å²) >= 11 is 0. The second-order valence-corrected chi connectivity index (χ2v) is 8.11. The molecule has 2 aliphatic rings. The van der Waals surface area contributed by atoms with Crippen molar-refractivity contribution in [1.82, 2.24) is 0 Å². The lowest BCUT2D eigenvalue weighted by molar-refractivity contribution is 0.0767. The zero-order valence-corrected chi connectivity index (χ0v) is 10.2. The lowest BCUT2D eigenvalue weighted by atomic mass is 9.81. The molecule has 0 radical (unpaired) electrons. The van der Waals surface area contributed by atoms with Crippen LogP contribution in [0, 0.1) is 5.41 Å². The van der Waals surface area contributed by atoms with Crippen molar-refractivity contribution in [1.29, 1.82) is 0 Å². The van der Waals surface area contributed by atoms with Gasteiger partial charge in [0, 0.05) is 12.0 Å². The van der Waals surface area contributed by atoms with E-state index in [9.17, 15) is 20.7 Å². The van der Waals surface area contributed by atoms with Crippen molar-refractivity contribution < 1.29 is 25.5 Å². The molecule has 2 saturated heterocycles. The first-order valence-corrected chi connectivity index (χ1v) is 8.34. The normalized spacial score (nSPS) is 38.2. The highest BCUT2D eigenvalue weighted by atomic mass is 32.3. The Morgan fingerprint density at radius 3 is 2.56 bits per heavy atom. The van der Waals surface area contributed by atoms with Gasteiger partial charge >= 0.3 is 10.2 Å². The van der Waals surface area contributed by atoms with E-state index >= 15 is 0 Å². The predicted molar refractivity (Wildman–Crippen MR) is 55.0 cm³/mol. The molecule has 2 unspecified atom stereocenters. The fourth-order valence-electron chi connectivity index (χ4n) is 2.54. The van der Waals surface area contributed by atoms with Crippen LogP contribution >= 0.6 is 0 Å². The minimum absolute atomic E-state index is 0.0409. The summed E-state index contributed by atoms with van der Waals surface area (Å²) in [5.74, 6) is -0.776. The van der Waals surface area contributed by atoms with Crippen LogP contribution < -0.4 is 0 Å².